The van der Waals surface area contributed by atoms with Crippen LogP contribution in [0.3, 0.4) is 0 Å². The molecule has 9 aromatic rings. The van der Waals surface area contributed by atoms with Crippen LogP contribution in [-0.4, -0.2) is 4.57 Å². The molecule has 58 heavy (non-hydrogen) atoms. The minimum Gasteiger partial charge on any atom is -0.310 e. The van der Waals surface area contributed by atoms with Crippen LogP contribution < -0.4 is 4.90 Å². The van der Waals surface area contributed by atoms with Gasteiger partial charge in [-0.15, -0.1) is 0 Å². The molecule has 0 N–H and O–H groups in total. The monoisotopic (exact) mass is 742 g/mol. The van der Waals surface area contributed by atoms with Gasteiger partial charge in [0.25, 0.3) is 0 Å². The quantitative estimate of drug-likeness (QED) is 0.174. The van der Waals surface area contributed by atoms with Gasteiger partial charge in [-0.05, 0) is 105 Å². The Labute approximate surface area is 339 Å². The van der Waals surface area contributed by atoms with E-state index in [1.54, 1.807) is 0 Å². The Hall–Kier alpha value is -6.64. The number of fused-ring (bicyclic) bond motifs is 11. The number of nitrogens with zero attached hydrogens (tertiary/aromatic N) is 2. The highest BCUT2D eigenvalue weighted by Crippen LogP contribution is 2.64. The molecule has 1 fully saturated rings. The number of hydrogen-bond donors (Lipinski definition) is 0. The predicted molar refractivity (Wildman–Crippen MR) is 242 cm³/mol. The number of aromatic nitrogens is 1. The number of rotatable bonds is 4. The number of benzene rings is 8. The first-order chi connectivity index (χ1) is 28.5. The third kappa shape index (κ3) is 4.07. The summed E-state index contributed by atoms with van der Waals surface area (Å²) in [6.45, 7) is 4.75. The lowest BCUT2D eigenvalue weighted by molar-refractivity contribution is 0.550. The molecular weight excluding hydrogens is 701 g/mol. The second kappa shape index (κ2) is 11.5. The molecule has 3 aliphatic carbocycles. The van der Waals surface area contributed by atoms with E-state index in [2.05, 4.69) is 193 Å². The molecule has 2 nitrogen and oxygen atoms in total. The fourth-order valence-corrected chi connectivity index (χ4v) is 11.9. The second-order valence-corrected chi connectivity index (χ2v) is 17.6. The van der Waals surface area contributed by atoms with Crippen LogP contribution >= 0.6 is 0 Å². The second-order valence-electron chi connectivity index (χ2n) is 17.6. The lowest BCUT2D eigenvalue weighted by Crippen LogP contribution is -2.21. The minimum atomic E-state index is -0.0696. The maximum Gasteiger partial charge on any atom is 0.0623 e. The lowest BCUT2D eigenvalue weighted by atomic mass is 9.76. The molecule has 0 unspecified atom stereocenters. The van der Waals surface area contributed by atoms with Gasteiger partial charge in [0.05, 0.1) is 22.4 Å². The normalized spacial score (nSPS) is 15.8. The molecule has 1 spiro atoms. The van der Waals surface area contributed by atoms with E-state index in [-0.39, 0.29) is 10.8 Å². The van der Waals surface area contributed by atoms with Gasteiger partial charge in [-0.1, -0.05) is 154 Å². The summed E-state index contributed by atoms with van der Waals surface area (Å²) in [5.74, 6) is 0. The van der Waals surface area contributed by atoms with E-state index in [9.17, 15) is 0 Å². The summed E-state index contributed by atoms with van der Waals surface area (Å²) in [7, 11) is 0. The summed E-state index contributed by atoms with van der Waals surface area (Å²) >= 11 is 0. The van der Waals surface area contributed by atoms with Gasteiger partial charge < -0.3 is 9.47 Å². The van der Waals surface area contributed by atoms with Gasteiger partial charge in [0, 0.05) is 49.7 Å². The topological polar surface area (TPSA) is 8.17 Å². The van der Waals surface area contributed by atoms with E-state index in [0.717, 1.165) is 5.69 Å². The highest BCUT2D eigenvalue weighted by Gasteiger charge is 2.49. The molecule has 2 heterocycles. The van der Waals surface area contributed by atoms with Crippen molar-refractivity contribution in [2.75, 3.05) is 4.90 Å². The van der Waals surface area contributed by atoms with Crippen molar-refractivity contribution in [1.82, 2.24) is 4.57 Å². The number of hydrogen-bond acceptors (Lipinski definition) is 1. The highest BCUT2D eigenvalue weighted by atomic mass is 15.1. The lowest BCUT2D eigenvalue weighted by Gasteiger charge is -2.32. The molecule has 1 saturated carbocycles. The first kappa shape index (κ1) is 32.4. The molecule has 13 rings (SSSR count). The minimum absolute atomic E-state index is 0.0284. The summed E-state index contributed by atoms with van der Waals surface area (Å²) in [4.78, 5) is 2.57. The smallest absolute Gasteiger partial charge is 0.0623 e. The Morgan fingerprint density at radius 2 is 1.14 bits per heavy atom. The Morgan fingerprint density at radius 1 is 0.466 bits per heavy atom. The van der Waals surface area contributed by atoms with Crippen molar-refractivity contribution in [2.24, 2.45) is 0 Å². The van der Waals surface area contributed by atoms with Crippen LogP contribution in [0.4, 0.5) is 17.1 Å². The summed E-state index contributed by atoms with van der Waals surface area (Å²) in [5.41, 5.74) is 23.8. The average molecular weight is 743 g/mol. The summed E-state index contributed by atoms with van der Waals surface area (Å²) in [5, 5.41) is 2.67. The van der Waals surface area contributed by atoms with E-state index in [0.29, 0.717) is 0 Å². The van der Waals surface area contributed by atoms with Crippen molar-refractivity contribution in [3.63, 3.8) is 0 Å². The maximum absolute atomic E-state index is 2.61. The molecule has 0 atom stereocenters. The Bertz CT molecular complexity index is 3210. The summed E-state index contributed by atoms with van der Waals surface area (Å²) in [6.07, 6.45) is 4.92. The Morgan fingerprint density at radius 3 is 2.02 bits per heavy atom. The number of para-hydroxylation sites is 2. The van der Waals surface area contributed by atoms with Crippen LogP contribution in [0.15, 0.2) is 170 Å². The van der Waals surface area contributed by atoms with Crippen molar-refractivity contribution >= 4 is 38.9 Å². The van der Waals surface area contributed by atoms with Gasteiger partial charge in [0.2, 0.25) is 0 Å². The largest absolute Gasteiger partial charge is 0.310 e. The van der Waals surface area contributed by atoms with Crippen LogP contribution in [0.1, 0.15) is 61.8 Å². The van der Waals surface area contributed by atoms with Gasteiger partial charge in [0.1, 0.15) is 0 Å². The SMILES string of the molecule is CC1(C)c2ccccc2-c2cc(N(c3cccc(-c4ccccc4)c3)c3ccc4c5c3-c3ccccc3-n3c6ccccc6c6ccc(c-5c63)C43CCCC3)ccc21. The van der Waals surface area contributed by atoms with Gasteiger partial charge in [-0.3, -0.25) is 0 Å². The molecule has 1 aliphatic heterocycles. The zero-order valence-electron chi connectivity index (χ0n) is 32.9. The predicted octanol–water partition coefficient (Wildman–Crippen LogP) is 15.0. The molecule has 276 valence electrons. The molecule has 0 radical (unpaired) electrons. The molecule has 1 aromatic heterocycles. The van der Waals surface area contributed by atoms with Crippen molar-refractivity contribution in [2.45, 2.75) is 50.4 Å². The van der Waals surface area contributed by atoms with Crippen molar-refractivity contribution in [3.05, 3.63) is 192 Å². The highest BCUT2D eigenvalue weighted by molar-refractivity contribution is 6.20. The molecule has 0 bridgehead atoms. The van der Waals surface area contributed by atoms with E-state index in [1.807, 2.05) is 0 Å². The molecule has 0 amide bonds. The van der Waals surface area contributed by atoms with Crippen LogP contribution in [0, 0.1) is 0 Å². The number of anilines is 3. The van der Waals surface area contributed by atoms with Gasteiger partial charge >= 0.3 is 0 Å². The van der Waals surface area contributed by atoms with E-state index >= 15 is 0 Å². The average Bonchev–Trinajstić information content (AvgIpc) is 4.00. The summed E-state index contributed by atoms with van der Waals surface area (Å²) in [6, 6.07) is 64.5. The summed E-state index contributed by atoms with van der Waals surface area (Å²) < 4.78 is 2.61. The van der Waals surface area contributed by atoms with Gasteiger partial charge in [-0.2, -0.15) is 0 Å². The molecule has 2 heteroatoms. The Balaban J connectivity index is 1.16. The molecule has 0 saturated heterocycles. The van der Waals surface area contributed by atoms with Crippen molar-refractivity contribution in [1.29, 1.82) is 0 Å². The fourth-order valence-electron chi connectivity index (χ4n) is 11.9. The van der Waals surface area contributed by atoms with Crippen molar-refractivity contribution in [3.8, 4) is 50.2 Å². The Kier molecular flexibility index (Phi) is 6.42. The van der Waals surface area contributed by atoms with Crippen LogP contribution in [0.25, 0.3) is 72.0 Å². The van der Waals surface area contributed by atoms with Gasteiger partial charge in [0.15, 0.2) is 0 Å². The van der Waals surface area contributed by atoms with Crippen LogP contribution in [0.5, 0.6) is 0 Å². The fraction of sp³-hybridized carbons (Fsp3) is 0.143. The first-order valence-electron chi connectivity index (χ1n) is 21.1. The molecular formula is C56H42N2. The van der Waals surface area contributed by atoms with E-state index in [4.69, 9.17) is 0 Å². The molecule has 4 aliphatic rings. The zero-order valence-corrected chi connectivity index (χ0v) is 32.9. The third-order valence-electron chi connectivity index (χ3n) is 14.5. The zero-order chi connectivity index (χ0) is 38.3. The van der Waals surface area contributed by atoms with Crippen LogP contribution in [-0.2, 0) is 10.8 Å². The maximum atomic E-state index is 2.61. The van der Waals surface area contributed by atoms with E-state index in [1.165, 1.54) is 131 Å². The third-order valence-corrected chi connectivity index (χ3v) is 14.5. The van der Waals surface area contributed by atoms with Crippen LogP contribution in [0.2, 0.25) is 0 Å². The van der Waals surface area contributed by atoms with E-state index < -0.39 is 0 Å². The van der Waals surface area contributed by atoms with Gasteiger partial charge in [-0.25, -0.2) is 0 Å². The van der Waals surface area contributed by atoms with Crippen molar-refractivity contribution < 1.29 is 0 Å². The molecule has 8 aromatic carbocycles. The first-order valence-corrected chi connectivity index (χ1v) is 21.1. The standard InChI is InChI=1S/C56H42N2/c1-55(2)44-22-9-6-19-39(44)43-34-38(25-27-45(43)55)57(37-18-14-17-36(33-37)35-15-4-3-5-16-35)50-30-29-46-52-51(50)42-21-8-11-24-49(42)58-48-23-10-7-20-40(48)41-26-28-47(53(52)54(41)58)56(46)31-12-13-32-56/h3-11,14-30,33-34H,12-13,31-32H2,1-2H3.